The Balaban J connectivity index is 3.01. The zero-order chi connectivity index (χ0) is 11.0. The van der Waals surface area contributed by atoms with Crippen LogP contribution in [0.3, 0.4) is 0 Å². The van der Waals surface area contributed by atoms with Gasteiger partial charge < -0.3 is 5.32 Å². The van der Waals surface area contributed by atoms with Crippen LogP contribution in [0, 0.1) is 0 Å². The maximum Gasteiger partial charge on any atom is 0.459 e. The van der Waals surface area contributed by atoms with Crippen molar-refractivity contribution < 1.29 is 26.6 Å². The minimum atomic E-state index is -5.03. The Bertz CT molecular complexity index is 292. The van der Waals surface area contributed by atoms with E-state index in [0.717, 1.165) is 0 Å². The lowest BCUT2D eigenvalue weighted by Gasteiger charge is -2.34. The molecule has 0 saturated carbocycles. The van der Waals surface area contributed by atoms with Gasteiger partial charge in [0.2, 0.25) is 5.83 Å². The van der Waals surface area contributed by atoms with Gasteiger partial charge in [-0.05, 0) is 0 Å². The van der Waals surface area contributed by atoms with Crippen LogP contribution in [-0.4, -0.2) is 17.9 Å². The molecule has 1 rings (SSSR count). The van der Waals surface area contributed by atoms with Crippen molar-refractivity contribution in [2.24, 2.45) is 0 Å². The molecule has 0 aromatic heterocycles. The lowest BCUT2D eigenvalue weighted by atomic mass is 10.3. The third-order valence-corrected chi connectivity index (χ3v) is 1.66. The number of rotatable bonds is 1. The molecule has 0 radical (unpaired) electrons. The average Bonchev–Trinajstić information content (AvgIpc) is 2.08. The summed E-state index contributed by atoms with van der Waals surface area (Å²) in [6.45, 7) is 0. The van der Waals surface area contributed by atoms with Crippen molar-refractivity contribution in [3.63, 3.8) is 0 Å². The fourth-order valence-corrected chi connectivity index (χ4v) is 0.895. The molecule has 9 heteroatoms. The molecule has 2 N–H and O–H groups in total. The molecule has 0 spiro atoms. The van der Waals surface area contributed by atoms with E-state index < -0.39 is 23.8 Å². The molecule has 14 heavy (non-hydrogen) atoms. The highest BCUT2D eigenvalue weighted by molar-refractivity contribution is 6.08. The van der Waals surface area contributed by atoms with Gasteiger partial charge in [0.25, 0.3) is 5.91 Å². The third kappa shape index (κ3) is 1.62. The fourth-order valence-electron chi connectivity index (χ4n) is 0.724. The van der Waals surface area contributed by atoms with Gasteiger partial charge >= 0.3 is 12.0 Å². The highest BCUT2D eigenvalue weighted by Crippen LogP contribution is 2.32. The maximum absolute atomic E-state index is 12.4. The molecule has 1 aliphatic heterocycles. The van der Waals surface area contributed by atoms with Crippen LogP contribution in [0.2, 0.25) is 0 Å². The van der Waals surface area contributed by atoms with Gasteiger partial charge in [0.15, 0.2) is 0 Å². The molecule has 1 atom stereocenters. The smallest absolute Gasteiger partial charge is 0.335 e. The monoisotopic (exact) mass is 234 g/mol. The van der Waals surface area contributed by atoms with Crippen molar-refractivity contribution in [1.82, 2.24) is 10.6 Å². The van der Waals surface area contributed by atoms with Crippen LogP contribution in [0.25, 0.3) is 0 Å². The van der Waals surface area contributed by atoms with E-state index in [1.165, 1.54) is 10.6 Å². The number of carbonyl (C=O) groups is 1. The van der Waals surface area contributed by atoms with E-state index in [0.29, 0.717) is 0 Å². The molecule has 1 unspecified atom stereocenters. The highest BCUT2D eigenvalue weighted by atomic mass is 35.5. The van der Waals surface area contributed by atoms with Crippen LogP contribution in [0.5, 0.6) is 0 Å². The second-order valence-electron chi connectivity index (χ2n) is 2.35. The second kappa shape index (κ2) is 3.28. The van der Waals surface area contributed by atoms with Crippen LogP contribution in [0.15, 0.2) is 12.0 Å². The van der Waals surface area contributed by atoms with Crippen LogP contribution >= 0.6 is 11.9 Å². The fraction of sp³-hybridized carbons (Fsp3) is 0.400. The molecule has 1 amide bonds. The Morgan fingerprint density at radius 2 is 2.07 bits per heavy atom. The molecule has 4 nitrogen and oxygen atoms in total. The van der Waals surface area contributed by atoms with Gasteiger partial charge in [-0.3, -0.25) is 10.1 Å². The zero-order valence-corrected chi connectivity index (χ0v) is 7.04. The number of hydrogen-bond acceptors (Lipinski definition) is 3. The molecule has 80 valence electrons. The molecular weight excluding hydrogens is 232 g/mol. The molecule has 1 heterocycles. The van der Waals surface area contributed by atoms with E-state index in [2.05, 4.69) is 16.2 Å². The van der Waals surface area contributed by atoms with Crippen LogP contribution in [0.1, 0.15) is 0 Å². The van der Waals surface area contributed by atoms with E-state index in [9.17, 15) is 22.4 Å². The summed E-state index contributed by atoms with van der Waals surface area (Å²) >= 11 is 4.59. The number of carbonyl (C=O) groups excluding carboxylic acids is 1. The Morgan fingerprint density at radius 3 is 2.43 bits per heavy atom. The molecule has 1 aliphatic rings. The van der Waals surface area contributed by atoms with Crippen molar-refractivity contribution in [2.75, 3.05) is 0 Å². The molecule has 0 bridgehead atoms. The van der Waals surface area contributed by atoms with Gasteiger partial charge in [-0.15, -0.1) is 0 Å². The normalized spacial score (nSPS) is 27.8. The third-order valence-electron chi connectivity index (χ3n) is 1.42. The molecule has 0 saturated heterocycles. The Labute approximate surface area is 80.0 Å². The van der Waals surface area contributed by atoms with Crippen LogP contribution < -0.4 is 10.6 Å². The van der Waals surface area contributed by atoms with E-state index >= 15 is 0 Å². The van der Waals surface area contributed by atoms with Crippen molar-refractivity contribution in [3.8, 4) is 0 Å². The predicted molar refractivity (Wildman–Crippen MR) is 36.2 cm³/mol. The number of halogens is 5. The molecular formula is C5H3ClF4N2O2. The van der Waals surface area contributed by atoms with E-state index in [-0.39, 0.29) is 6.20 Å². The Hall–Kier alpha value is -1.02. The summed E-state index contributed by atoms with van der Waals surface area (Å²) in [6.07, 6.45) is -4.81. The van der Waals surface area contributed by atoms with Gasteiger partial charge in [-0.2, -0.15) is 17.6 Å². The molecule has 0 aromatic carbocycles. The lowest BCUT2D eigenvalue weighted by molar-refractivity contribution is -0.268. The average molecular weight is 235 g/mol. The minimum absolute atomic E-state index is 0.217. The van der Waals surface area contributed by atoms with Crippen molar-refractivity contribution in [2.45, 2.75) is 12.0 Å². The van der Waals surface area contributed by atoms with E-state index in [1.807, 2.05) is 0 Å². The molecule has 0 aliphatic carbocycles. The van der Waals surface area contributed by atoms with Gasteiger partial charge in [-0.25, -0.2) is 4.29 Å². The highest BCUT2D eigenvalue weighted by Gasteiger charge is 2.60. The first kappa shape index (κ1) is 11.1. The maximum atomic E-state index is 12.4. The largest absolute Gasteiger partial charge is 0.459 e. The second-order valence-corrected chi connectivity index (χ2v) is 2.50. The quantitative estimate of drug-likeness (QED) is 0.663. The first-order valence-electron chi connectivity index (χ1n) is 3.15. The topological polar surface area (TPSA) is 50.4 Å². The molecule has 0 fully saturated rings. The zero-order valence-electron chi connectivity index (χ0n) is 6.28. The van der Waals surface area contributed by atoms with Gasteiger partial charge in [0.1, 0.15) is 0 Å². The van der Waals surface area contributed by atoms with E-state index in [1.54, 1.807) is 0 Å². The molecule has 0 aromatic rings. The number of amides is 1. The number of alkyl halides is 3. The lowest BCUT2D eigenvalue weighted by Crippen LogP contribution is -2.68. The van der Waals surface area contributed by atoms with Gasteiger partial charge in [0, 0.05) is 6.20 Å². The summed E-state index contributed by atoms with van der Waals surface area (Å²) in [5, 5.41) is 2.65. The van der Waals surface area contributed by atoms with Crippen LogP contribution in [-0.2, 0) is 9.08 Å². The summed E-state index contributed by atoms with van der Waals surface area (Å²) in [5.41, 5.74) is 0. The number of hydrogen-bond donors (Lipinski definition) is 2. The Kier molecular flexibility index (Phi) is 2.59. The standard InChI is InChI=1S/C5H3ClF4N2O2/c6-14-5(4(8,9)10)11-1-2(7)3(13)12-5/h1,11H,(H,12,13). The summed E-state index contributed by atoms with van der Waals surface area (Å²) in [7, 11) is 0. The van der Waals surface area contributed by atoms with Crippen molar-refractivity contribution >= 4 is 17.8 Å². The van der Waals surface area contributed by atoms with Crippen molar-refractivity contribution in [3.05, 3.63) is 12.0 Å². The summed E-state index contributed by atoms with van der Waals surface area (Å²) in [5.74, 6) is -6.26. The van der Waals surface area contributed by atoms with Gasteiger partial charge in [-0.1, -0.05) is 0 Å². The summed E-state index contributed by atoms with van der Waals surface area (Å²) in [4.78, 5) is 10.6. The predicted octanol–water partition coefficient (Wildman–Crippen LogP) is 0.903. The van der Waals surface area contributed by atoms with E-state index in [4.69, 9.17) is 0 Å². The SMILES string of the molecule is O=C1NC(OCl)(C(F)(F)F)NC=C1F. The van der Waals surface area contributed by atoms with Gasteiger partial charge in [0.05, 0.1) is 11.9 Å². The van der Waals surface area contributed by atoms with Crippen LogP contribution in [0.4, 0.5) is 17.6 Å². The summed E-state index contributed by atoms with van der Waals surface area (Å²) in [6, 6.07) is 0. The first-order chi connectivity index (χ1) is 6.32. The minimum Gasteiger partial charge on any atom is -0.335 e. The Morgan fingerprint density at radius 1 is 1.50 bits per heavy atom. The first-order valence-corrected chi connectivity index (χ1v) is 3.45. The van der Waals surface area contributed by atoms with Crippen molar-refractivity contribution in [1.29, 1.82) is 0 Å². The summed E-state index contributed by atoms with van der Waals surface area (Å²) < 4.78 is 52.7. The number of nitrogens with one attached hydrogen (secondary N) is 2.